The third-order valence-corrected chi connectivity index (χ3v) is 8.30. The zero-order chi connectivity index (χ0) is 24.8. The number of piperidine rings is 1. The Hall–Kier alpha value is -3.60. The molecule has 5 nitrogen and oxygen atoms in total. The van der Waals surface area contributed by atoms with Crippen molar-refractivity contribution in [2.24, 2.45) is 5.92 Å². The van der Waals surface area contributed by atoms with E-state index in [1.54, 1.807) is 0 Å². The molecule has 3 aliphatic rings. The van der Waals surface area contributed by atoms with Crippen LogP contribution in [0.4, 0.5) is 10.5 Å². The van der Waals surface area contributed by atoms with E-state index in [9.17, 15) is 9.59 Å². The van der Waals surface area contributed by atoms with Crippen molar-refractivity contribution in [1.82, 2.24) is 4.90 Å². The summed E-state index contributed by atoms with van der Waals surface area (Å²) in [6, 6.07) is 24.8. The molecule has 2 saturated heterocycles. The second-order valence-corrected chi connectivity index (χ2v) is 10.6. The number of ketones is 1. The molecule has 3 aromatic carbocycles. The summed E-state index contributed by atoms with van der Waals surface area (Å²) in [5.41, 5.74) is 6.69. The van der Waals surface area contributed by atoms with Gasteiger partial charge in [0.15, 0.2) is 5.78 Å². The van der Waals surface area contributed by atoms with Gasteiger partial charge in [0.2, 0.25) is 0 Å². The lowest BCUT2D eigenvalue weighted by molar-refractivity contribution is 0.0506. The van der Waals surface area contributed by atoms with Gasteiger partial charge in [-0.1, -0.05) is 60.7 Å². The van der Waals surface area contributed by atoms with Gasteiger partial charge in [0.05, 0.1) is 0 Å². The topological polar surface area (TPSA) is 49.9 Å². The summed E-state index contributed by atoms with van der Waals surface area (Å²) in [5, 5.41) is 0. The van der Waals surface area contributed by atoms with Crippen molar-refractivity contribution in [3.63, 3.8) is 0 Å². The summed E-state index contributed by atoms with van der Waals surface area (Å²) < 4.78 is 5.98. The summed E-state index contributed by atoms with van der Waals surface area (Å²) in [6.45, 7) is 0.336. The maximum absolute atomic E-state index is 13.4. The standard InChI is InChI=1S/C31H32N2O3/c1-32(2)22-9-7-8-20(16-22)30(34)21-17-23-14-15-24(18-21)33(23)31(35)36-19-29-27-12-5-3-10-25(27)26-11-4-6-13-28(26)29/h3-13,16,21,23-24,29H,14-15,17-19H2,1-2H3. The molecule has 0 radical (unpaired) electrons. The van der Waals surface area contributed by atoms with E-state index in [1.165, 1.54) is 22.3 Å². The Morgan fingerprint density at radius 2 is 1.47 bits per heavy atom. The normalized spacial score (nSPS) is 22.2. The van der Waals surface area contributed by atoms with Crippen molar-refractivity contribution in [1.29, 1.82) is 0 Å². The minimum Gasteiger partial charge on any atom is -0.448 e. The van der Waals surface area contributed by atoms with Gasteiger partial charge in [-0.15, -0.1) is 0 Å². The van der Waals surface area contributed by atoms with E-state index in [1.807, 2.05) is 48.2 Å². The molecule has 2 fully saturated rings. The molecule has 36 heavy (non-hydrogen) atoms. The number of ether oxygens (including phenoxy) is 1. The zero-order valence-electron chi connectivity index (χ0n) is 20.9. The molecule has 0 saturated carbocycles. The SMILES string of the molecule is CN(C)c1cccc(C(=O)C2CC3CCC(C2)N3C(=O)OCC2c3ccccc3-c3ccccc32)c1. The highest BCUT2D eigenvalue weighted by Crippen LogP contribution is 2.45. The Kier molecular flexibility index (Phi) is 5.79. The quantitative estimate of drug-likeness (QED) is 0.413. The Morgan fingerprint density at radius 3 is 2.08 bits per heavy atom. The van der Waals surface area contributed by atoms with E-state index >= 15 is 0 Å². The molecule has 6 rings (SSSR count). The summed E-state index contributed by atoms with van der Waals surface area (Å²) in [4.78, 5) is 30.6. The van der Waals surface area contributed by atoms with Crippen LogP contribution in [0.3, 0.4) is 0 Å². The highest BCUT2D eigenvalue weighted by molar-refractivity contribution is 5.99. The molecule has 2 unspecified atom stereocenters. The molecule has 1 aliphatic carbocycles. The van der Waals surface area contributed by atoms with E-state index in [2.05, 4.69) is 48.5 Å². The fourth-order valence-corrected chi connectivity index (χ4v) is 6.53. The van der Waals surface area contributed by atoms with Gasteiger partial charge in [-0.25, -0.2) is 4.79 Å². The van der Waals surface area contributed by atoms with Crippen LogP contribution in [0.25, 0.3) is 11.1 Å². The van der Waals surface area contributed by atoms with Gasteiger partial charge in [0, 0.05) is 49.3 Å². The first-order valence-corrected chi connectivity index (χ1v) is 13.0. The second kappa shape index (κ2) is 9.12. The van der Waals surface area contributed by atoms with Crippen LogP contribution in [-0.2, 0) is 4.74 Å². The van der Waals surface area contributed by atoms with Crippen molar-refractivity contribution in [3.8, 4) is 11.1 Å². The lowest BCUT2D eigenvalue weighted by Gasteiger charge is -2.37. The van der Waals surface area contributed by atoms with Crippen LogP contribution in [-0.4, -0.2) is 49.6 Å². The van der Waals surface area contributed by atoms with Gasteiger partial charge in [-0.2, -0.15) is 0 Å². The Bertz CT molecular complexity index is 1260. The molecule has 0 aromatic heterocycles. The third kappa shape index (κ3) is 3.87. The lowest BCUT2D eigenvalue weighted by atomic mass is 9.85. The minimum absolute atomic E-state index is 0.0439. The predicted octanol–water partition coefficient (Wildman–Crippen LogP) is 6.13. The highest BCUT2D eigenvalue weighted by Gasteiger charge is 2.46. The van der Waals surface area contributed by atoms with Gasteiger partial charge in [-0.05, 0) is 60.1 Å². The Morgan fingerprint density at radius 1 is 0.861 bits per heavy atom. The molecule has 184 valence electrons. The summed E-state index contributed by atoms with van der Waals surface area (Å²) in [6.07, 6.45) is 3.08. The Balaban J connectivity index is 1.14. The van der Waals surface area contributed by atoms with E-state index in [0.29, 0.717) is 19.4 Å². The molecule has 0 spiro atoms. The van der Waals surface area contributed by atoms with Crippen molar-refractivity contribution in [2.45, 2.75) is 43.7 Å². The first kappa shape index (κ1) is 22.8. The Labute approximate surface area is 212 Å². The lowest BCUT2D eigenvalue weighted by Crippen LogP contribution is -2.48. The average Bonchev–Trinajstić information content (AvgIpc) is 3.37. The summed E-state index contributed by atoms with van der Waals surface area (Å²) in [7, 11) is 3.97. The second-order valence-electron chi connectivity index (χ2n) is 10.6. The van der Waals surface area contributed by atoms with Crippen molar-refractivity contribution in [2.75, 3.05) is 25.6 Å². The van der Waals surface area contributed by atoms with Crippen LogP contribution in [0.1, 0.15) is 53.1 Å². The van der Waals surface area contributed by atoms with Crippen LogP contribution < -0.4 is 4.90 Å². The van der Waals surface area contributed by atoms with Crippen LogP contribution in [0.15, 0.2) is 72.8 Å². The molecule has 2 bridgehead atoms. The van der Waals surface area contributed by atoms with Gasteiger partial charge >= 0.3 is 6.09 Å². The fraction of sp³-hybridized carbons (Fsp3) is 0.355. The molecule has 5 heteroatoms. The number of carbonyl (C=O) groups excluding carboxylic acids is 2. The van der Waals surface area contributed by atoms with E-state index in [-0.39, 0.29) is 35.8 Å². The number of fused-ring (bicyclic) bond motifs is 5. The largest absolute Gasteiger partial charge is 0.448 e. The maximum Gasteiger partial charge on any atom is 0.410 e. The van der Waals surface area contributed by atoms with E-state index in [0.717, 1.165) is 24.1 Å². The molecule has 0 N–H and O–H groups in total. The average molecular weight is 481 g/mol. The van der Waals surface area contributed by atoms with Crippen LogP contribution in [0.2, 0.25) is 0 Å². The predicted molar refractivity (Wildman–Crippen MR) is 142 cm³/mol. The van der Waals surface area contributed by atoms with Crippen LogP contribution in [0.5, 0.6) is 0 Å². The molecule has 3 aromatic rings. The van der Waals surface area contributed by atoms with Gasteiger partial charge < -0.3 is 14.5 Å². The summed E-state index contributed by atoms with van der Waals surface area (Å²) in [5.74, 6) is 0.211. The smallest absolute Gasteiger partial charge is 0.410 e. The maximum atomic E-state index is 13.4. The van der Waals surface area contributed by atoms with Gasteiger partial charge in [0.1, 0.15) is 6.61 Å². The minimum atomic E-state index is -0.232. The number of hydrogen-bond acceptors (Lipinski definition) is 4. The number of carbonyl (C=O) groups is 2. The molecular weight excluding hydrogens is 448 g/mol. The van der Waals surface area contributed by atoms with Crippen molar-refractivity contribution in [3.05, 3.63) is 89.5 Å². The molecular formula is C31H32N2O3. The number of Topliss-reactive ketones (excluding diaryl/α,β-unsaturated/α-hetero) is 1. The molecule has 1 amide bonds. The zero-order valence-corrected chi connectivity index (χ0v) is 20.9. The van der Waals surface area contributed by atoms with Crippen molar-refractivity contribution < 1.29 is 14.3 Å². The molecule has 2 aliphatic heterocycles. The number of rotatable bonds is 5. The van der Waals surface area contributed by atoms with Crippen LogP contribution in [0, 0.1) is 5.92 Å². The third-order valence-electron chi connectivity index (χ3n) is 8.30. The number of benzene rings is 3. The number of nitrogens with zero attached hydrogens (tertiary/aromatic N) is 2. The molecule has 2 atom stereocenters. The van der Waals surface area contributed by atoms with Crippen molar-refractivity contribution >= 4 is 17.6 Å². The number of hydrogen-bond donors (Lipinski definition) is 0. The van der Waals surface area contributed by atoms with E-state index in [4.69, 9.17) is 4.74 Å². The monoisotopic (exact) mass is 480 g/mol. The highest BCUT2D eigenvalue weighted by atomic mass is 16.6. The number of anilines is 1. The van der Waals surface area contributed by atoms with E-state index < -0.39 is 0 Å². The number of amides is 1. The first-order chi connectivity index (χ1) is 17.5. The van der Waals surface area contributed by atoms with Gasteiger partial charge in [0.25, 0.3) is 0 Å². The summed E-state index contributed by atoms with van der Waals surface area (Å²) >= 11 is 0. The molecule has 2 heterocycles. The van der Waals surface area contributed by atoms with Crippen LogP contribution >= 0.6 is 0 Å². The fourth-order valence-electron chi connectivity index (χ4n) is 6.53. The first-order valence-electron chi connectivity index (χ1n) is 13.0. The van der Waals surface area contributed by atoms with Gasteiger partial charge in [-0.3, -0.25) is 4.79 Å².